The van der Waals surface area contributed by atoms with Gasteiger partial charge in [-0.1, -0.05) is 6.07 Å². The van der Waals surface area contributed by atoms with Gasteiger partial charge in [-0.25, -0.2) is 0 Å². The lowest BCUT2D eigenvalue weighted by Crippen LogP contribution is -2.11. The zero-order valence-electron chi connectivity index (χ0n) is 8.75. The zero-order valence-corrected chi connectivity index (χ0v) is 10.3. The number of aromatic amines is 1. The number of aryl methyl sites for hydroxylation is 1. The number of hydrogen-bond acceptors (Lipinski definition) is 1. The predicted molar refractivity (Wildman–Crippen MR) is 67.6 cm³/mol. The van der Waals surface area contributed by atoms with Crippen molar-refractivity contribution in [3.63, 3.8) is 0 Å². The van der Waals surface area contributed by atoms with E-state index in [1.807, 2.05) is 25.1 Å². The lowest BCUT2D eigenvalue weighted by Gasteiger charge is -2.06. The first-order valence-corrected chi connectivity index (χ1v) is 5.66. The van der Waals surface area contributed by atoms with Gasteiger partial charge in [-0.3, -0.25) is 4.79 Å². The van der Waals surface area contributed by atoms with Crippen LogP contribution in [0.3, 0.4) is 0 Å². The fourth-order valence-corrected chi connectivity index (χ4v) is 1.97. The fraction of sp³-hybridized carbons (Fsp3) is 0.0833. The molecule has 2 N–H and O–H groups in total. The third-order valence-electron chi connectivity index (χ3n) is 2.23. The molecule has 0 spiro atoms. The number of benzene rings is 1. The first-order valence-electron chi connectivity index (χ1n) is 4.87. The Morgan fingerprint density at radius 1 is 1.38 bits per heavy atom. The number of rotatable bonds is 2. The highest BCUT2D eigenvalue weighted by atomic mass is 79.9. The zero-order chi connectivity index (χ0) is 11.5. The molecular formula is C12H11BrN2O. The van der Waals surface area contributed by atoms with Crippen LogP contribution in [0.25, 0.3) is 0 Å². The molecular weight excluding hydrogens is 268 g/mol. The number of anilines is 1. The quantitative estimate of drug-likeness (QED) is 0.870. The van der Waals surface area contributed by atoms with E-state index in [4.69, 9.17) is 0 Å². The van der Waals surface area contributed by atoms with E-state index in [2.05, 4.69) is 26.2 Å². The minimum atomic E-state index is -0.120. The minimum absolute atomic E-state index is 0.120. The molecule has 2 aromatic rings. The van der Waals surface area contributed by atoms with Gasteiger partial charge in [-0.05, 0) is 46.6 Å². The Balaban J connectivity index is 2.18. The van der Waals surface area contributed by atoms with E-state index in [-0.39, 0.29) is 5.91 Å². The van der Waals surface area contributed by atoms with Crippen LogP contribution >= 0.6 is 15.9 Å². The van der Waals surface area contributed by atoms with E-state index in [0.29, 0.717) is 5.56 Å². The molecule has 0 saturated heterocycles. The Kier molecular flexibility index (Phi) is 3.10. The monoisotopic (exact) mass is 278 g/mol. The molecule has 0 aliphatic carbocycles. The summed E-state index contributed by atoms with van der Waals surface area (Å²) in [5, 5.41) is 2.83. The molecule has 0 aliphatic rings. The van der Waals surface area contributed by atoms with Gasteiger partial charge in [0.2, 0.25) is 0 Å². The summed E-state index contributed by atoms with van der Waals surface area (Å²) in [4.78, 5) is 14.6. The molecule has 0 aliphatic heterocycles. The summed E-state index contributed by atoms with van der Waals surface area (Å²) >= 11 is 3.42. The Morgan fingerprint density at radius 2 is 2.19 bits per heavy atom. The summed E-state index contributed by atoms with van der Waals surface area (Å²) < 4.78 is 0.886. The maximum atomic E-state index is 11.8. The highest BCUT2D eigenvalue weighted by Crippen LogP contribution is 2.23. The number of amides is 1. The van der Waals surface area contributed by atoms with Crippen LogP contribution in [0.5, 0.6) is 0 Å². The van der Waals surface area contributed by atoms with Gasteiger partial charge in [0, 0.05) is 16.9 Å². The first kappa shape index (κ1) is 11.0. The summed E-state index contributed by atoms with van der Waals surface area (Å²) in [6.07, 6.45) is 3.39. The molecule has 1 heterocycles. The average molecular weight is 279 g/mol. The maximum absolute atomic E-state index is 11.8. The summed E-state index contributed by atoms with van der Waals surface area (Å²) in [6.45, 7) is 2.00. The van der Waals surface area contributed by atoms with Gasteiger partial charge in [0.25, 0.3) is 5.91 Å². The third-order valence-corrected chi connectivity index (χ3v) is 2.89. The van der Waals surface area contributed by atoms with Crippen molar-refractivity contribution in [2.75, 3.05) is 5.32 Å². The van der Waals surface area contributed by atoms with Gasteiger partial charge < -0.3 is 10.3 Å². The van der Waals surface area contributed by atoms with Crippen LogP contribution < -0.4 is 5.32 Å². The summed E-state index contributed by atoms with van der Waals surface area (Å²) in [7, 11) is 0. The van der Waals surface area contributed by atoms with Gasteiger partial charge in [-0.15, -0.1) is 0 Å². The number of nitrogens with one attached hydrogen (secondary N) is 2. The van der Waals surface area contributed by atoms with Crippen LogP contribution in [-0.2, 0) is 0 Å². The molecule has 3 nitrogen and oxygen atoms in total. The van der Waals surface area contributed by atoms with Crippen molar-refractivity contribution >= 4 is 27.5 Å². The summed E-state index contributed by atoms with van der Waals surface area (Å²) in [5.41, 5.74) is 2.54. The van der Waals surface area contributed by atoms with Crippen molar-refractivity contribution in [2.45, 2.75) is 6.92 Å². The van der Waals surface area contributed by atoms with Crippen LogP contribution in [0.2, 0.25) is 0 Å². The second-order valence-electron chi connectivity index (χ2n) is 3.54. The van der Waals surface area contributed by atoms with Crippen molar-refractivity contribution < 1.29 is 4.79 Å². The van der Waals surface area contributed by atoms with Gasteiger partial charge in [0.05, 0.1) is 11.3 Å². The molecule has 0 bridgehead atoms. The molecule has 1 amide bonds. The largest absolute Gasteiger partial charge is 0.367 e. The van der Waals surface area contributed by atoms with E-state index in [1.54, 1.807) is 18.5 Å². The Morgan fingerprint density at radius 3 is 2.81 bits per heavy atom. The van der Waals surface area contributed by atoms with E-state index in [9.17, 15) is 4.79 Å². The van der Waals surface area contributed by atoms with Crippen molar-refractivity contribution in [3.05, 3.63) is 52.3 Å². The predicted octanol–water partition coefficient (Wildman–Crippen LogP) is 3.34. The average Bonchev–Trinajstić information content (AvgIpc) is 2.75. The van der Waals surface area contributed by atoms with Crippen LogP contribution in [0.1, 0.15) is 15.9 Å². The van der Waals surface area contributed by atoms with E-state index in [0.717, 1.165) is 15.7 Å². The molecule has 16 heavy (non-hydrogen) atoms. The molecule has 82 valence electrons. The summed E-state index contributed by atoms with van der Waals surface area (Å²) in [5.74, 6) is -0.120. The Bertz CT molecular complexity index is 506. The smallest absolute Gasteiger partial charge is 0.257 e. The van der Waals surface area contributed by atoms with Crippen molar-refractivity contribution in [1.29, 1.82) is 0 Å². The molecule has 0 unspecified atom stereocenters. The van der Waals surface area contributed by atoms with Crippen molar-refractivity contribution in [2.24, 2.45) is 0 Å². The lowest BCUT2D eigenvalue weighted by atomic mass is 10.2. The number of aromatic nitrogens is 1. The topological polar surface area (TPSA) is 44.9 Å². The Labute approximate surface area is 102 Å². The molecule has 1 aromatic heterocycles. The lowest BCUT2D eigenvalue weighted by molar-refractivity contribution is 0.102. The van der Waals surface area contributed by atoms with Crippen LogP contribution in [0.15, 0.2) is 41.1 Å². The van der Waals surface area contributed by atoms with E-state index < -0.39 is 0 Å². The first-order chi connectivity index (χ1) is 7.66. The minimum Gasteiger partial charge on any atom is -0.367 e. The van der Waals surface area contributed by atoms with Gasteiger partial charge in [0.15, 0.2) is 0 Å². The standard InChI is InChI=1S/C12H11BrN2O/c1-8-2-3-11(10(13)6-8)15-12(16)9-4-5-14-7-9/h2-7,14H,1H3,(H,15,16). The normalized spacial score (nSPS) is 10.1. The van der Waals surface area contributed by atoms with Gasteiger partial charge in [-0.2, -0.15) is 0 Å². The highest BCUT2D eigenvalue weighted by molar-refractivity contribution is 9.10. The SMILES string of the molecule is Cc1ccc(NC(=O)c2cc[nH]c2)c(Br)c1. The molecule has 4 heteroatoms. The molecule has 2 rings (SSSR count). The Hall–Kier alpha value is -1.55. The second-order valence-corrected chi connectivity index (χ2v) is 4.39. The fourth-order valence-electron chi connectivity index (χ4n) is 1.38. The summed E-state index contributed by atoms with van der Waals surface area (Å²) in [6, 6.07) is 7.53. The van der Waals surface area contributed by atoms with Crippen LogP contribution in [0.4, 0.5) is 5.69 Å². The van der Waals surface area contributed by atoms with Crippen molar-refractivity contribution in [3.8, 4) is 0 Å². The number of carbonyl (C=O) groups is 1. The number of carbonyl (C=O) groups excluding carboxylic acids is 1. The number of halogens is 1. The molecule has 1 aromatic carbocycles. The molecule has 0 radical (unpaired) electrons. The highest BCUT2D eigenvalue weighted by Gasteiger charge is 2.07. The number of H-pyrrole nitrogens is 1. The van der Waals surface area contributed by atoms with Crippen molar-refractivity contribution in [1.82, 2.24) is 4.98 Å². The molecule has 0 saturated carbocycles. The molecule has 0 atom stereocenters. The third kappa shape index (κ3) is 2.33. The second kappa shape index (κ2) is 4.53. The van der Waals surface area contributed by atoms with Gasteiger partial charge >= 0.3 is 0 Å². The van der Waals surface area contributed by atoms with Crippen LogP contribution in [-0.4, -0.2) is 10.9 Å². The van der Waals surface area contributed by atoms with Gasteiger partial charge in [0.1, 0.15) is 0 Å². The molecule has 0 fully saturated rings. The number of hydrogen-bond donors (Lipinski definition) is 2. The van der Waals surface area contributed by atoms with E-state index in [1.165, 1.54) is 0 Å². The van der Waals surface area contributed by atoms with E-state index >= 15 is 0 Å². The maximum Gasteiger partial charge on any atom is 0.257 e. The van der Waals surface area contributed by atoms with Crippen LogP contribution in [0, 0.1) is 6.92 Å².